The number of nitrogens with one attached hydrogen (secondary N) is 2. The molecule has 0 bridgehead atoms. The summed E-state index contributed by atoms with van der Waals surface area (Å²) in [6.45, 7) is 7.17. The van der Waals surface area contributed by atoms with Crippen LogP contribution in [0.3, 0.4) is 0 Å². The highest BCUT2D eigenvalue weighted by Gasteiger charge is 2.21. The number of aromatic nitrogens is 1. The van der Waals surface area contributed by atoms with Gasteiger partial charge in [0, 0.05) is 28.2 Å². The number of rotatable bonds is 9. The number of amides is 1. The van der Waals surface area contributed by atoms with Crippen LogP contribution in [-0.2, 0) is 11.2 Å². The molecule has 1 amide bonds. The Morgan fingerprint density at radius 1 is 1.08 bits per heavy atom. The van der Waals surface area contributed by atoms with Crippen molar-refractivity contribution < 1.29 is 9.53 Å². The average molecular weight is 522 g/mol. The number of aromatic amines is 1. The fourth-order valence-electron chi connectivity index (χ4n) is 5.71. The van der Waals surface area contributed by atoms with E-state index in [9.17, 15) is 4.79 Å². The molecule has 39 heavy (non-hydrogen) atoms. The van der Waals surface area contributed by atoms with Gasteiger partial charge in [0.05, 0.1) is 7.11 Å². The van der Waals surface area contributed by atoms with Gasteiger partial charge in [-0.15, -0.1) is 0 Å². The Morgan fingerprint density at radius 3 is 2.56 bits per heavy atom. The smallest absolute Gasteiger partial charge is 0.226 e. The summed E-state index contributed by atoms with van der Waals surface area (Å²) < 4.78 is 5.55. The largest absolute Gasteiger partial charge is 0.497 e. The fourth-order valence-corrected chi connectivity index (χ4v) is 5.71. The number of carbonyl (C=O) groups is 1. The number of likely N-dealkylation sites (tertiary alicyclic amines) is 1. The Bertz CT molecular complexity index is 1420. The zero-order chi connectivity index (χ0) is 27.4. The van der Waals surface area contributed by atoms with E-state index < -0.39 is 0 Å². The summed E-state index contributed by atoms with van der Waals surface area (Å²) >= 11 is 0. The summed E-state index contributed by atoms with van der Waals surface area (Å²) in [5.74, 6) is 1.50. The first kappa shape index (κ1) is 27.1. The molecule has 3 aromatic carbocycles. The maximum atomic E-state index is 12.1. The van der Waals surface area contributed by atoms with Crippen LogP contribution in [0.2, 0.25) is 0 Å². The number of aryl methyl sites for hydroxylation is 1. The predicted molar refractivity (Wildman–Crippen MR) is 165 cm³/mol. The van der Waals surface area contributed by atoms with Crippen molar-refractivity contribution in [3.05, 3.63) is 77.9 Å². The van der Waals surface area contributed by atoms with Gasteiger partial charge in [0.15, 0.2) is 0 Å². The summed E-state index contributed by atoms with van der Waals surface area (Å²) in [7, 11) is 3.86. The molecule has 4 aromatic rings. The maximum absolute atomic E-state index is 12.1. The second kappa shape index (κ2) is 12.1. The molecule has 0 unspecified atom stereocenters. The highest BCUT2D eigenvalue weighted by molar-refractivity contribution is 6.32. The van der Waals surface area contributed by atoms with E-state index in [0.29, 0.717) is 5.92 Å². The van der Waals surface area contributed by atoms with Crippen LogP contribution in [0.15, 0.2) is 66.7 Å². The number of fused-ring (bicyclic) bond motifs is 1. The lowest BCUT2D eigenvalue weighted by Gasteiger charge is -2.32. The molecule has 202 valence electrons. The molecule has 6 heteroatoms. The summed E-state index contributed by atoms with van der Waals surface area (Å²) in [6.07, 6.45) is 4.44. The van der Waals surface area contributed by atoms with Gasteiger partial charge in [-0.05, 0) is 98.3 Å². The molecule has 1 aliphatic rings. The van der Waals surface area contributed by atoms with E-state index in [1.54, 1.807) is 7.11 Å². The maximum Gasteiger partial charge on any atom is 0.226 e. The first-order valence-electron chi connectivity index (χ1n) is 14.3. The van der Waals surface area contributed by atoms with Crippen molar-refractivity contribution in [3.63, 3.8) is 0 Å². The van der Waals surface area contributed by atoms with Crippen LogP contribution in [-0.4, -0.2) is 50.4 Å². The number of carbonyl (C=O) groups excluding carboxylic acids is 1. The van der Waals surface area contributed by atoms with Gasteiger partial charge >= 0.3 is 0 Å². The van der Waals surface area contributed by atoms with E-state index in [4.69, 9.17) is 4.74 Å². The molecule has 0 atom stereocenters. The molecule has 1 fully saturated rings. The lowest BCUT2D eigenvalue weighted by Crippen LogP contribution is -2.33. The number of methoxy groups -OCH3 is 1. The normalized spacial score (nSPS) is 14.7. The molecular weight excluding hydrogens is 481 g/mol. The van der Waals surface area contributed by atoms with Crippen molar-refractivity contribution in [1.29, 1.82) is 0 Å². The van der Waals surface area contributed by atoms with Crippen molar-refractivity contribution in [2.45, 2.75) is 45.4 Å². The standard InChI is InChI=1S/C33H40BN3O2/c1-22(2)33(38)35-27-7-4-6-25(20-27)23-15-18-37(19-16-23)17-5-8-29-30-21-28(39-3)13-14-31(30)36-32(29)24-9-11-26(34)12-10-24/h4,6-7,9-14,20-23,36H,5,8,15-19,34H2,1-3H3,(H,35,38). The quantitative estimate of drug-likeness (QED) is 0.286. The zero-order valence-corrected chi connectivity index (χ0v) is 23.7. The third-order valence-electron chi connectivity index (χ3n) is 8.09. The molecule has 0 radical (unpaired) electrons. The predicted octanol–water partition coefficient (Wildman–Crippen LogP) is 5.51. The molecule has 5 nitrogen and oxygen atoms in total. The van der Waals surface area contributed by atoms with Gasteiger partial charge in [-0.1, -0.05) is 55.7 Å². The van der Waals surface area contributed by atoms with Gasteiger partial charge in [-0.25, -0.2) is 0 Å². The van der Waals surface area contributed by atoms with E-state index in [2.05, 4.69) is 77.6 Å². The Kier molecular flexibility index (Phi) is 8.42. The number of hydrogen-bond donors (Lipinski definition) is 2. The van der Waals surface area contributed by atoms with E-state index in [0.717, 1.165) is 62.3 Å². The van der Waals surface area contributed by atoms with Crippen LogP contribution in [0.5, 0.6) is 5.75 Å². The number of piperidine rings is 1. The number of nitrogens with zero attached hydrogens (tertiary/aromatic N) is 1. The van der Waals surface area contributed by atoms with Crippen molar-refractivity contribution in [2.24, 2.45) is 5.92 Å². The van der Waals surface area contributed by atoms with Crippen LogP contribution in [0.4, 0.5) is 5.69 Å². The molecule has 1 aromatic heterocycles. The summed E-state index contributed by atoms with van der Waals surface area (Å²) in [6, 6.07) is 23.6. The SMILES string of the molecule is Bc1ccc(-c2[nH]c3ccc(OC)cc3c2CCCN2CCC(c3cccc(NC(=O)C(C)C)c3)CC2)cc1. The second-order valence-electron chi connectivity index (χ2n) is 11.2. The lowest BCUT2D eigenvalue weighted by molar-refractivity contribution is -0.118. The molecule has 2 heterocycles. The Morgan fingerprint density at radius 2 is 1.85 bits per heavy atom. The molecule has 2 N–H and O–H groups in total. The summed E-state index contributed by atoms with van der Waals surface area (Å²) in [5.41, 5.74) is 8.52. The fraction of sp³-hybridized carbons (Fsp3) is 0.364. The number of benzene rings is 3. The van der Waals surface area contributed by atoms with Crippen LogP contribution < -0.4 is 15.5 Å². The van der Waals surface area contributed by atoms with Crippen molar-refractivity contribution >= 4 is 35.8 Å². The zero-order valence-electron chi connectivity index (χ0n) is 23.7. The molecule has 1 saturated heterocycles. The van der Waals surface area contributed by atoms with Crippen LogP contribution in [0, 0.1) is 5.92 Å². The number of anilines is 1. The van der Waals surface area contributed by atoms with Crippen molar-refractivity contribution in [2.75, 3.05) is 32.1 Å². The van der Waals surface area contributed by atoms with Gasteiger partial charge in [0.25, 0.3) is 0 Å². The molecular formula is C33H40BN3O2. The van der Waals surface area contributed by atoms with E-state index in [1.165, 1.54) is 33.2 Å². The van der Waals surface area contributed by atoms with Gasteiger partial charge in [0.1, 0.15) is 13.6 Å². The molecule has 5 rings (SSSR count). The van der Waals surface area contributed by atoms with Crippen molar-refractivity contribution in [3.8, 4) is 17.0 Å². The third-order valence-corrected chi connectivity index (χ3v) is 8.09. The topological polar surface area (TPSA) is 57.4 Å². The first-order valence-corrected chi connectivity index (χ1v) is 14.3. The van der Waals surface area contributed by atoms with Crippen LogP contribution in [0.25, 0.3) is 22.2 Å². The van der Waals surface area contributed by atoms with Crippen molar-refractivity contribution in [1.82, 2.24) is 9.88 Å². The Labute approximate surface area is 233 Å². The summed E-state index contributed by atoms with van der Waals surface area (Å²) in [5, 5.41) is 4.31. The molecule has 0 aliphatic carbocycles. The van der Waals surface area contributed by atoms with Crippen LogP contribution in [0.1, 0.15) is 50.2 Å². The van der Waals surface area contributed by atoms with Gasteiger partial charge in [-0.3, -0.25) is 4.79 Å². The number of hydrogen-bond acceptors (Lipinski definition) is 3. The Balaban J connectivity index is 1.22. The average Bonchev–Trinajstić information content (AvgIpc) is 3.31. The molecule has 0 saturated carbocycles. The molecule has 1 aliphatic heterocycles. The summed E-state index contributed by atoms with van der Waals surface area (Å²) in [4.78, 5) is 18.4. The van der Waals surface area contributed by atoms with Gasteiger partial charge < -0.3 is 19.9 Å². The van der Waals surface area contributed by atoms with Gasteiger partial charge in [-0.2, -0.15) is 0 Å². The number of ether oxygens (including phenoxy) is 1. The molecule has 0 spiro atoms. The van der Waals surface area contributed by atoms with Gasteiger partial charge in [0.2, 0.25) is 5.91 Å². The first-order chi connectivity index (χ1) is 18.9. The van der Waals surface area contributed by atoms with E-state index in [1.807, 2.05) is 26.0 Å². The highest BCUT2D eigenvalue weighted by atomic mass is 16.5. The minimum Gasteiger partial charge on any atom is -0.497 e. The van der Waals surface area contributed by atoms with E-state index >= 15 is 0 Å². The second-order valence-corrected chi connectivity index (χ2v) is 11.2. The highest BCUT2D eigenvalue weighted by Crippen LogP contribution is 2.34. The third kappa shape index (κ3) is 6.39. The Hall–Kier alpha value is -3.51. The lowest BCUT2D eigenvalue weighted by atomic mass is 9.89. The monoisotopic (exact) mass is 521 g/mol. The van der Waals surface area contributed by atoms with E-state index in [-0.39, 0.29) is 11.8 Å². The minimum absolute atomic E-state index is 0.0175. The minimum atomic E-state index is -0.0175. The number of H-pyrrole nitrogens is 1. The van der Waals surface area contributed by atoms with Crippen LogP contribution >= 0.6 is 0 Å².